The van der Waals surface area contributed by atoms with Crippen molar-refractivity contribution in [3.8, 4) is 5.75 Å². The van der Waals surface area contributed by atoms with Gasteiger partial charge in [-0.25, -0.2) is 0 Å². The number of nitro benzene ring substituents is 1. The van der Waals surface area contributed by atoms with Gasteiger partial charge in [0.15, 0.2) is 5.17 Å². The molecule has 186 valence electrons. The summed E-state index contributed by atoms with van der Waals surface area (Å²) in [6.45, 7) is 1.47. The van der Waals surface area contributed by atoms with Crippen molar-refractivity contribution < 1.29 is 9.66 Å². The van der Waals surface area contributed by atoms with Crippen LogP contribution < -0.4 is 15.4 Å². The van der Waals surface area contributed by atoms with E-state index in [1.165, 1.54) is 29.6 Å². The zero-order valence-electron chi connectivity index (χ0n) is 20.1. The van der Waals surface area contributed by atoms with Crippen LogP contribution in [0.3, 0.4) is 0 Å². The molecule has 1 heterocycles. The molecule has 0 amide bonds. The molecular weight excluding hydrogens is 474 g/mol. The van der Waals surface area contributed by atoms with E-state index in [0.717, 1.165) is 37.2 Å². The molecule has 0 aliphatic carbocycles. The van der Waals surface area contributed by atoms with Gasteiger partial charge in [-0.15, -0.1) is 5.10 Å². The third kappa shape index (κ3) is 6.42. The minimum Gasteiger partial charge on any atom is -0.496 e. The van der Waals surface area contributed by atoms with E-state index in [-0.39, 0.29) is 10.6 Å². The van der Waals surface area contributed by atoms with Gasteiger partial charge in [-0.1, -0.05) is 66.4 Å². The Kier molecular flexibility index (Phi) is 8.57. The molecule has 1 saturated heterocycles. The Bertz CT molecular complexity index is 1240. The van der Waals surface area contributed by atoms with E-state index < -0.39 is 0 Å². The van der Waals surface area contributed by atoms with Crippen molar-refractivity contribution in [3.05, 3.63) is 99.6 Å². The highest BCUT2D eigenvalue weighted by molar-refractivity contribution is 8.13. The van der Waals surface area contributed by atoms with E-state index in [1.54, 1.807) is 13.2 Å². The Labute approximate surface area is 215 Å². The van der Waals surface area contributed by atoms with E-state index in [1.807, 2.05) is 54.6 Å². The van der Waals surface area contributed by atoms with Crippen LogP contribution in [0.15, 0.2) is 83.0 Å². The quantitative estimate of drug-likeness (QED) is 0.186. The molecule has 3 aromatic carbocycles. The van der Waals surface area contributed by atoms with Crippen LogP contribution in [0.25, 0.3) is 0 Å². The zero-order valence-corrected chi connectivity index (χ0v) is 20.9. The first-order chi connectivity index (χ1) is 17.5. The minimum atomic E-state index is -0.341. The molecule has 0 radical (unpaired) electrons. The molecule has 9 heteroatoms. The number of methoxy groups -OCH3 is 1. The fourth-order valence-corrected chi connectivity index (χ4v) is 4.99. The van der Waals surface area contributed by atoms with E-state index in [4.69, 9.17) is 10.5 Å². The van der Waals surface area contributed by atoms with Crippen LogP contribution in [-0.2, 0) is 5.75 Å². The lowest BCUT2D eigenvalue weighted by molar-refractivity contribution is -0.384. The van der Waals surface area contributed by atoms with E-state index in [9.17, 15) is 10.1 Å². The third-order valence-electron chi connectivity index (χ3n) is 6.20. The summed E-state index contributed by atoms with van der Waals surface area (Å²) in [5.74, 6) is 1.96. The summed E-state index contributed by atoms with van der Waals surface area (Å²) in [5, 5.41) is 20.2. The van der Waals surface area contributed by atoms with E-state index >= 15 is 0 Å². The normalized spacial score (nSPS) is 14.8. The maximum absolute atomic E-state index is 11.9. The summed E-state index contributed by atoms with van der Waals surface area (Å²) < 4.78 is 5.52. The monoisotopic (exact) mass is 503 g/mol. The number of nitro groups is 1. The first kappa shape index (κ1) is 25.2. The van der Waals surface area contributed by atoms with Crippen molar-refractivity contribution in [2.24, 2.45) is 15.9 Å². The molecule has 8 nitrogen and oxygen atoms in total. The fourth-order valence-electron chi connectivity index (χ4n) is 4.38. The predicted molar refractivity (Wildman–Crippen MR) is 147 cm³/mol. The number of para-hydroxylation sites is 1. The van der Waals surface area contributed by atoms with Crippen LogP contribution in [0.2, 0.25) is 0 Å². The lowest BCUT2D eigenvalue weighted by atomic mass is 9.88. The molecule has 0 saturated carbocycles. The largest absolute Gasteiger partial charge is 0.496 e. The SMILES string of the molecule is COc1ccccc1C1CCN(c2ccc(C=NN=C(N)SCc3ccccc3)cc2[N+](=O)[O-])CC1. The summed E-state index contributed by atoms with van der Waals surface area (Å²) in [6, 6.07) is 23.2. The smallest absolute Gasteiger partial charge is 0.293 e. The molecule has 0 aromatic heterocycles. The number of nitrogens with zero attached hydrogens (tertiary/aromatic N) is 4. The van der Waals surface area contributed by atoms with Gasteiger partial charge in [-0.05, 0) is 42.0 Å². The van der Waals surface area contributed by atoms with E-state index in [2.05, 4.69) is 21.2 Å². The van der Waals surface area contributed by atoms with Gasteiger partial charge in [0.05, 0.1) is 18.2 Å². The number of amidine groups is 1. The van der Waals surface area contributed by atoms with Crippen molar-refractivity contribution in [1.82, 2.24) is 0 Å². The number of anilines is 1. The Morgan fingerprint density at radius 1 is 1.14 bits per heavy atom. The molecule has 0 unspecified atom stereocenters. The highest BCUT2D eigenvalue weighted by atomic mass is 32.2. The van der Waals surface area contributed by atoms with E-state index in [0.29, 0.717) is 28.1 Å². The van der Waals surface area contributed by atoms with Gasteiger partial charge < -0.3 is 15.4 Å². The minimum absolute atomic E-state index is 0.0603. The Hall–Kier alpha value is -3.85. The lowest BCUT2D eigenvalue weighted by Gasteiger charge is -2.34. The van der Waals surface area contributed by atoms with Crippen LogP contribution >= 0.6 is 11.8 Å². The Balaban J connectivity index is 1.40. The number of benzene rings is 3. The number of rotatable bonds is 8. The maximum atomic E-state index is 11.9. The number of piperidine rings is 1. The topological polar surface area (TPSA) is 106 Å². The molecule has 4 rings (SSSR count). The van der Waals surface area contributed by atoms with Crippen molar-refractivity contribution in [2.75, 3.05) is 25.1 Å². The molecule has 0 bridgehead atoms. The molecule has 3 aromatic rings. The first-order valence-electron chi connectivity index (χ1n) is 11.7. The van der Waals surface area contributed by atoms with Crippen molar-refractivity contribution in [2.45, 2.75) is 24.5 Å². The van der Waals surface area contributed by atoms with Gasteiger partial charge in [0.25, 0.3) is 5.69 Å². The third-order valence-corrected chi connectivity index (χ3v) is 7.06. The molecule has 2 N–H and O–H groups in total. The lowest BCUT2D eigenvalue weighted by Crippen LogP contribution is -2.33. The molecule has 1 aliphatic rings. The molecule has 0 spiro atoms. The highest BCUT2D eigenvalue weighted by Gasteiger charge is 2.27. The summed E-state index contributed by atoms with van der Waals surface area (Å²) in [5.41, 5.74) is 9.55. The maximum Gasteiger partial charge on any atom is 0.293 e. The zero-order chi connectivity index (χ0) is 25.3. The average molecular weight is 504 g/mol. The molecule has 1 aliphatic heterocycles. The van der Waals surface area contributed by atoms with Crippen LogP contribution in [0.5, 0.6) is 5.75 Å². The number of nitrogens with two attached hydrogens (primary N) is 1. The number of hydrogen-bond acceptors (Lipinski definition) is 7. The van der Waals surface area contributed by atoms with Crippen LogP contribution in [0, 0.1) is 10.1 Å². The standard InChI is InChI=1S/C27H29N5O3S/c1-35-26-10-6-5-9-23(26)22-13-15-31(16-14-22)24-12-11-21(17-25(24)32(33)34)18-29-30-27(28)36-19-20-7-3-2-4-8-20/h2-12,17-18,22H,13-16,19H2,1H3,(H2,28,30). The fraction of sp³-hybridized carbons (Fsp3) is 0.259. The van der Waals surface area contributed by atoms with Crippen molar-refractivity contribution in [3.63, 3.8) is 0 Å². The van der Waals surface area contributed by atoms with Crippen molar-refractivity contribution in [1.29, 1.82) is 0 Å². The van der Waals surface area contributed by atoms with Gasteiger partial charge in [-0.3, -0.25) is 10.1 Å². The average Bonchev–Trinajstić information content (AvgIpc) is 2.92. The summed E-state index contributed by atoms with van der Waals surface area (Å²) in [4.78, 5) is 13.6. The molecule has 1 fully saturated rings. The Morgan fingerprint density at radius 2 is 1.86 bits per heavy atom. The summed E-state index contributed by atoms with van der Waals surface area (Å²) in [7, 11) is 1.69. The summed E-state index contributed by atoms with van der Waals surface area (Å²) in [6.07, 6.45) is 3.28. The number of hydrogen-bond donors (Lipinski definition) is 1. The first-order valence-corrected chi connectivity index (χ1v) is 12.7. The molecular formula is C27H29N5O3S. The van der Waals surface area contributed by atoms with Gasteiger partial charge >= 0.3 is 0 Å². The highest BCUT2D eigenvalue weighted by Crippen LogP contribution is 2.37. The van der Waals surface area contributed by atoms with Gasteiger partial charge in [0, 0.05) is 30.5 Å². The van der Waals surface area contributed by atoms with Gasteiger partial charge in [0.1, 0.15) is 11.4 Å². The number of ether oxygens (including phenoxy) is 1. The Morgan fingerprint density at radius 3 is 2.58 bits per heavy atom. The number of thioether (sulfide) groups is 1. The second-order valence-electron chi connectivity index (χ2n) is 8.47. The van der Waals surface area contributed by atoms with Crippen LogP contribution in [0.1, 0.15) is 35.4 Å². The van der Waals surface area contributed by atoms with Crippen LogP contribution in [0.4, 0.5) is 11.4 Å². The molecule has 0 atom stereocenters. The molecule has 36 heavy (non-hydrogen) atoms. The van der Waals surface area contributed by atoms with Crippen molar-refractivity contribution >= 4 is 34.5 Å². The van der Waals surface area contributed by atoms with Gasteiger partial charge in [0.2, 0.25) is 0 Å². The summed E-state index contributed by atoms with van der Waals surface area (Å²) >= 11 is 1.39. The predicted octanol–water partition coefficient (Wildman–Crippen LogP) is 5.57. The second kappa shape index (κ2) is 12.2. The van der Waals surface area contributed by atoms with Gasteiger partial charge in [-0.2, -0.15) is 5.10 Å². The second-order valence-corrected chi connectivity index (χ2v) is 9.46. The van der Waals surface area contributed by atoms with Crippen LogP contribution in [-0.4, -0.2) is 36.5 Å².